The van der Waals surface area contributed by atoms with E-state index >= 15 is 0 Å². The lowest BCUT2D eigenvalue weighted by atomic mass is 10.0. The van der Waals surface area contributed by atoms with Crippen LogP contribution in [0.15, 0.2) is 40.4 Å². The lowest BCUT2D eigenvalue weighted by Crippen LogP contribution is -2.59. The molecule has 2 rings (SSSR count). The number of amides is 5. The molecule has 22 heteroatoms. The Hall–Kier alpha value is -6.45. The van der Waals surface area contributed by atoms with Crippen LogP contribution in [0.3, 0.4) is 0 Å². The third kappa shape index (κ3) is 15.5. The van der Waals surface area contributed by atoms with E-state index in [1.54, 1.807) is 6.20 Å². The summed E-state index contributed by atoms with van der Waals surface area (Å²) in [5.74, 6) is -7.17. The van der Waals surface area contributed by atoms with Gasteiger partial charge in [0.25, 0.3) is 0 Å². The van der Waals surface area contributed by atoms with Gasteiger partial charge in [0.15, 0.2) is 11.9 Å². The van der Waals surface area contributed by atoms with Crippen molar-refractivity contribution in [3.8, 4) is 0 Å². The molecule has 0 aliphatic heterocycles. The molecule has 0 saturated heterocycles. The summed E-state index contributed by atoms with van der Waals surface area (Å²) in [6.45, 7) is 0.121. The number of H-pyrrole nitrogens is 1. The third-order valence-corrected chi connectivity index (χ3v) is 8.65. The summed E-state index contributed by atoms with van der Waals surface area (Å²) in [5.41, 5.74) is 34.7. The summed E-state index contributed by atoms with van der Waals surface area (Å²) in [5, 5.41) is 26.9. The molecule has 0 aliphatic carbocycles. The Morgan fingerprint density at radius 3 is 1.84 bits per heavy atom. The number of rotatable bonds is 25. The van der Waals surface area contributed by atoms with Gasteiger partial charge < -0.3 is 70.4 Å². The van der Waals surface area contributed by atoms with E-state index < -0.39 is 90.9 Å². The Balaban J connectivity index is 2.39. The summed E-state index contributed by atoms with van der Waals surface area (Å²) in [6, 6.07) is 0.608. The standard InChI is InChI=1S/C34H53N13O9/c1-47(32(56)23(9-5-15-42-34(39)40)45-29(53)20(35)10-12-26(48)49)25(11-13-27(50)51)31(55)44-22(8-4-14-41-33(37)38)30(54)46-24(28(36)52)16-18-17-43-21-7-3-2-6-19(18)21/h2-3,6-7,17,20,22-25,43H,4-5,8-16,35H2,1H3,(H2,36,52)(H,44,55)(H,45,53)(H,46,54)(H,48,49)(H,50,51)(H4,37,38,41)(H4,39,40,42)/t20-,22-,23-,24-,25-/m0/s1. The fraction of sp³-hybridized carbons (Fsp3) is 0.500. The molecule has 56 heavy (non-hydrogen) atoms. The third-order valence-electron chi connectivity index (χ3n) is 8.65. The van der Waals surface area contributed by atoms with Gasteiger partial charge in [-0.2, -0.15) is 0 Å². The van der Waals surface area contributed by atoms with Gasteiger partial charge in [0.2, 0.25) is 29.5 Å². The van der Waals surface area contributed by atoms with E-state index in [1.165, 1.54) is 7.05 Å². The van der Waals surface area contributed by atoms with E-state index in [2.05, 4.69) is 30.9 Å². The van der Waals surface area contributed by atoms with E-state index in [4.69, 9.17) is 39.5 Å². The van der Waals surface area contributed by atoms with Gasteiger partial charge in [-0.3, -0.25) is 43.5 Å². The zero-order chi connectivity index (χ0) is 41.9. The summed E-state index contributed by atoms with van der Waals surface area (Å²) in [7, 11) is 1.21. The number of hydrogen-bond donors (Lipinski definition) is 12. The van der Waals surface area contributed by atoms with E-state index in [0.717, 1.165) is 15.8 Å². The molecular formula is C34H53N13O9. The van der Waals surface area contributed by atoms with Crippen LogP contribution >= 0.6 is 0 Å². The number of hydrogen-bond acceptors (Lipinski definition) is 10. The number of aromatic nitrogens is 1. The highest BCUT2D eigenvalue weighted by molar-refractivity contribution is 5.96. The second-order valence-electron chi connectivity index (χ2n) is 13.0. The number of likely N-dealkylation sites (N-methyl/N-ethyl adjacent to an activating group) is 1. The predicted octanol–water partition coefficient (Wildman–Crippen LogP) is -3.36. The number of carboxylic acid groups (broad SMARTS) is 2. The summed E-state index contributed by atoms with van der Waals surface area (Å²) < 4.78 is 0. The van der Waals surface area contributed by atoms with Crippen LogP contribution in [0.4, 0.5) is 0 Å². The number of fused-ring (bicyclic) bond motifs is 1. The van der Waals surface area contributed by atoms with Gasteiger partial charge in [-0.1, -0.05) is 18.2 Å². The molecule has 0 radical (unpaired) electrons. The summed E-state index contributed by atoms with van der Waals surface area (Å²) >= 11 is 0. The van der Waals surface area contributed by atoms with E-state index in [1.807, 2.05) is 24.3 Å². The minimum atomic E-state index is -1.50. The van der Waals surface area contributed by atoms with E-state index in [-0.39, 0.29) is 63.5 Å². The second-order valence-corrected chi connectivity index (χ2v) is 13.0. The van der Waals surface area contributed by atoms with Crippen molar-refractivity contribution in [2.75, 3.05) is 20.1 Å². The van der Waals surface area contributed by atoms with E-state index in [9.17, 15) is 38.7 Å². The number of primary amides is 1. The first-order valence-electron chi connectivity index (χ1n) is 17.7. The monoisotopic (exact) mass is 787 g/mol. The molecule has 308 valence electrons. The Labute approximate surface area is 322 Å². The minimum absolute atomic E-state index is 0.00842. The number of aliphatic imine (C=N–C) groups is 2. The Kier molecular flexibility index (Phi) is 18.5. The number of aromatic amines is 1. The van der Waals surface area contributed by atoms with Crippen molar-refractivity contribution in [1.82, 2.24) is 25.8 Å². The van der Waals surface area contributed by atoms with Crippen LogP contribution in [0, 0.1) is 0 Å². The maximum absolute atomic E-state index is 14.0. The minimum Gasteiger partial charge on any atom is -0.481 e. The molecule has 5 amide bonds. The molecule has 5 atom stereocenters. The van der Waals surface area contributed by atoms with Crippen molar-refractivity contribution in [2.45, 2.75) is 88.0 Å². The molecule has 0 fully saturated rings. The van der Waals surface area contributed by atoms with Crippen LogP contribution in [0.25, 0.3) is 10.9 Å². The zero-order valence-electron chi connectivity index (χ0n) is 31.1. The van der Waals surface area contributed by atoms with Gasteiger partial charge in [0, 0.05) is 56.5 Å². The summed E-state index contributed by atoms with van der Waals surface area (Å²) in [4.78, 5) is 102. The highest BCUT2D eigenvalue weighted by Gasteiger charge is 2.35. The van der Waals surface area contributed by atoms with Crippen LogP contribution < -0.4 is 50.4 Å². The molecule has 0 saturated carbocycles. The first-order chi connectivity index (χ1) is 26.4. The Morgan fingerprint density at radius 1 is 0.732 bits per heavy atom. The van der Waals surface area contributed by atoms with Crippen molar-refractivity contribution in [1.29, 1.82) is 0 Å². The van der Waals surface area contributed by atoms with E-state index in [0.29, 0.717) is 5.56 Å². The maximum Gasteiger partial charge on any atom is 0.303 e. The normalized spacial score (nSPS) is 13.5. The fourth-order valence-electron chi connectivity index (χ4n) is 5.67. The number of para-hydroxylation sites is 1. The van der Waals surface area contributed by atoms with Gasteiger partial charge in [0.1, 0.15) is 24.2 Å². The number of aliphatic carboxylic acids is 2. The quantitative estimate of drug-likeness (QED) is 0.0266. The average Bonchev–Trinajstić information content (AvgIpc) is 3.54. The lowest BCUT2D eigenvalue weighted by molar-refractivity contribution is -0.144. The smallest absolute Gasteiger partial charge is 0.303 e. The maximum atomic E-state index is 14.0. The van der Waals surface area contributed by atoms with Crippen LogP contribution in [0.1, 0.15) is 56.9 Å². The molecule has 0 unspecified atom stereocenters. The molecule has 1 aromatic carbocycles. The molecule has 0 bridgehead atoms. The molecule has 18 N–H and O–H groups in total. The zero-order valence-corrected chi connectivity index (χ0v) is 31.1. The van der Waals surface area contributed by atoms with Gasteiger partial charge in [0.05, 0.1) is 6.04 Å². The predicted molar refractivity (Wildman–Crippen MR) is 205 cm³/mol. The van der Waals surface area contributed by atoms with Crippen LogP contribution in [0.2, 0.25) is 0 Å². The summed E-state index contributed by atoms with van der Waals surface area (Å²) in [6.07, 6.45) is 0.252. The second kappa shape index (κ2) is 22.7. The van der Waals surface area contributed by atoms with Crippen molar-refractivity contribution in [3.63, 3.8) is 0 Å². The van der Waals surface area contributed by atoms with Gasteiger partial charge in [-0.05, 0) is 50.2 Å². The number of nitrogens with zero attached hydrogens (tertiary/aromatic N) is 3. The molecular weight excluding hydrogens is 734 g/mol. The van der Waals surface area contributed by atoms with Gasteiger partial charge in [-0.25, -0.2) is 0 Å². The van der Waals surface area contributed by atoms with Crippen molar-refractivity contribution >= 4 is 64.3 Å². The molecule has 2 aromatic rings. The molecule has 1 aromatic heterocycles. The average molecular weight is 788 g/mol. The van der Waals surface area contributed by atoms with Crippen molar-refractivity contribution in [2.24, 2.45) is 44.4 Å². The number of carboxylic acids is 2. The van der Waals surface area contributed by atoms with Crippen molar-refractivity contribution < 1.29 is 43.8 Å². The van der Waals surface area contributed by atoms with Crippen LogP contribution in [-0.2, 0) is 40.0 Å². The first kappa shape index (κ1) is 45.7. The Morgan fingerprint density at radius 2 is 1.27 bits per heavy atom. The molecule has 1 heterocycles. The number of guanidine groups is 2. The SMILES string of the molecule is CN(C(=O)[C@H](CCCN=C(N)N)NC(=O)[C@@H](N)CCC(=O)O)[C@@H](CCC(=O)O)C(=O)N[C@@H](CCCN=C(N)N)C(=O)N[C@@H](Cc1c[nH]c2ccccc12)C(N)=O. The first-order valence-corrected chi connectivity index (χ1v) is 17.7. The number of benzene rings is 1. The van der Waals surface area contributed by atoms with Gasteiger partial charge >= 0.3 is 11.9 Å². The van der Waals surface area contributed by atoms with Gasteiger partial charge in [-0.15, -0.1) is 0 Å². The largest absolute Gasteiger partial charge is 0.481 e. The van der Waals surface area contributed by atoms with Crippen molar-refractivity contribution in [3.05, 3.63) is 36.0 Å². The number of nitrogens with two attached hydrogens (primary N) is 6. The molecule has 22 nitrogen and oxygen atoms in total. The lowest BCUT2D eigenvalue weighted by Gasteiger charge is -2.32. The molecule has 0 spiro atoms. The number of carbonyl (C=O) groups excluding carboxylic acids is 5. The number of carbonyl (C=O) groups is 7. The Bertz CT molecular complexity index is 1760. The van der Waals surface area contributed by atoms with Crippen LogP contribution in [0.5, 0.6) is 0 Å². The molecule has 0 aliphatic rings. The highest BCUT2D eigenvalue weighted by atomic mass is 16.4. The topological polar surface area (TPSA) is 396 Å². The van der Waals surface area contributed by atoms with Crippen LogP contribution in [-0.4, -0.2) is 124 Å². The fourth-order valence-corrected chi connectivity index (χ4v) is 5.67. The number of nitrogens with one attached hydrogen (secondary N) is 4. The highest BCUT2D eigenvalue weighted by Crippen LogP contribution is 2.19.